The maximum Gasteiger partial charge on any atom is 0.161 e. The van der Waals surface area contributed by atoms with Gasteiger partial charge in [0.15, 0.2) is 11.6 Å². The Hall–Kier alpha value is -4.59. The van der Waals surface area contributed by atoms with Gasteiger partial charge in [0.2, 0.25) is 0 Å². The highest BCUT2D eigenvalue weighted by Gasteiger charge is 2.22. The van der Waals surface area contributed by atoms with E-state index in [4.69, 9.17) is 4.98 Å². The van der Waals surface area contributed by atoms with Crippen LogP contribution in [-0.4, -0.2) is 30.1 Å². The number of fused-ring (bicyclic) bond motifs is 2. The van der Waals surface area contributed by atoms with Crippen LogP contribution < -0.4 is 5.32 Å². The van der Waals surface area contributed by atoms with Crippen LogP contribution in [0.2, 0.25) is 0 Å². The third-order valence-electron chi connectivity index (χ3n) is 6.44. The number of aromatic amines is 2. The molecule has 1 aromatic carbocycles. The van der Waals surface area contributed by atoms with Gasteiger partial charge >= 0.3 is 0 Å². The van der Waals surface area contributed by atoms with Gasteiger partial charge in [0.25, 0.3) is 0 Å². The largest absolute Gasteiger partial charge is 0.358 e. The van der Waals surface area contributed by atoms with Crippen LogP contribution in [0.5, 0.6) is 0 Å². The number of hydrogen-bond acceptors (Lipinski definition) is 5. The molecule has 5 aromatic rings. The van der Waals surface area contributed by atoms with Gasteiger partial charge in [0, 0.05) is 23.0 Å². The zero-order chi connectivity index (χ0) is 26.4. The normalized spacial score (nSPS) is 13.4. The number of halogens is 1. The van der Waals surface area contributed by atoms with Crippen molar-refractivity contribution in [3.8, 4) is 22.8 Å². The smallest absolute Gasteiger partial charge is 0.161 e. The van der Waals surface area contributed by atoms with Crippen LogP contribution in [0.15, 0.2) is 73.4 Å². The Bertz CT molecular complexity index is 1760. The van der Waals surface area contributed by atoms with Crippen molar-refractivity contribution in [2.24, 2.45) is 5.41 Å². The molecule has 0 amide bonds. The van der Waals surface area contributed by atoms with E-state index in [0.29, 0.717) is 28.0 Å². The Morgan fingerprint density at radius 1 is 1.13 bits per heavy atom. The molecule has 8 heteroatoms. The maximum atomic E-state index is 16.1. The summed E-state index contributed by atoms with van der Waals surface area (Å²) in [5.74, 6) is 0.00480. The van der Waals surface area contributed by atoms with E-state index in [1.807, 2.05) is 24.3 Å². The molecule has 38 heavy (non-hydrogen) atoms. The molecular weight excluding hydrogens is 477 g/mol. The first-order chi connectivity index (χ1) is 18.3. The first-order valence-electron chi connectivity index (χ1n) is 12.6. The zero-order valence-corrected chi connectivity index (χ0v) is 21.6. The number of nitrogens with zero attached hydrogens (tertiary/aromatic N) is 4. The molecule has 1 aliphatic rings. The second-order valence-corrected chi connectivity index (χ2v) is 10.8. The van der Waals surface area contributed by atoms with Crippen LogP contribution in [0.25, 0.3) is 50.3 Å². The lowest BCUT2D eigenvalue weighted by Gasteiger charge is -2.20. The van der Waals surface area contributed by atoms with Crippen LogP contribution in [0, 0.1) is 11.2 Å². The highest BCUT2D eigenvalue weighted by atomic mass is 19.1. The molecule has 4 aromatic heterocycles. The Balaban J connectivity index is 1.40. The molecule has 0 aliphatic heterocycles. The van der Waals surface area contributed by atoms with E-state index in [2.05, 4.69) is 76.0 Å². The Labute approximate surface area is 219 Å². The number of rotatable bonds is 6. The van der Waals surface area contributed by atoms with E-state index in [1.165, 1.54) is 0 Å². The Morgan fingerprint density at radius 2 is 2.00 bits per heavy atom. The lowest BCUT2D eigenvalue weighted by atomic mass is 9.91. The quantitative estimate of drug-likeness (QED) is 0.223. The van der Waals surface area contributed by atoms with Crippen molar-refractivity contribution < 1.29 is 4.39 Å². The molecule has 6 rings (SSSR count). The van der Waals surface area contributed by atoms with Crippen LogP contribution in [0.4, 0.5) is 10.1 Å². The van der Waals surface area contributed by atoms with Gasteiger partial charge in [-0.05, 0) is 36.0 Å². The first-order valence-corrected chi connectivity index (χ1v) is 12.6. The van der Waals surface area contributed by atoms with Crippen molar-refractivity contribution in [3.63, 3.8) is 0 Å². The SMILES string of the molecule is C=C(CC(C)(C)C)Nc1cncc(-c2ncc3[nH]nc(-c4nc5c(C6=CCC=C6)cccc5[nH]4)c3c2F)c1. The van der Waals surface area contributed by atoms with Gasteiger partial charge < -0.3 is 10.3 Å². The standard InChI is InChI=1S/C30H28FN7/c1-17(13-30(2,3)4)34-20-12-19(14-32-15-20)26-25(31)24-23(16-33-26)37-38-28(24)29-35-22-11-7-10-21(27(22)36-29)18-8-5-6-9-18/h5,7-12,14-16,34H,1,6,13H2,2-4H3,(H,35,36)(H,37,38). The number of allylic oxidation sites excluding steroid dienone is 5. The number of para-hydroxylation sites is 1. The molecule has 7 nitrogen and oxygen atoms in total. The predicted octanol–water partition coefficient (Wildman–Crippen LogP) is 7.41. The summed E-state index contributed by atoms with van der Waals surface area (Å²) in [6, 6.07) is 7.82. The van der Waals surface area contributed by atoms with E-state index in [-0.39, 0.29) is 11.1 Å². The van der Waals surface area contributed by atoms with Gasteiger partial charge in [0.05, 0.1) is 40.0 Å². The lowest BCUT2D eigenvalue weighted by Crippen LogP contribution is -2.10. The zero-order valence-electron chi connectivity index (χ0n) is 21.6. The molecule has 0 bridgehead atoms. The minimum atomic E-state index is -0.485. The number of H-pyrrole nitrogens is 2. The van der Waals surface area contributed by atoms with E-state index < -0.39 is 5.82 Å². The topological polar surface area (TPSA) is 95.2 Å². The van der Waals surface area contributed by atoms with Crippen LogP contribution >= 0.6 is 0 Å². The van der Waals surface area contributed by atoms with Crippen LogP contribution in [-0.2, 0) is 0 Å². The minimum Gasteiger partial charge on any atom is -0.358 e. The van der Waals surface area contributed by atoms with Crippen LogP contribution in [0.3, 0.4) is 0 Å². The second kappa shape index (κ2) is 9.06. The molecular formula is C30H28FN7. The average molecular weight is 506 g/mol. The van der Waals surface area contributed by atoms with Gasteiger partial charge in [-0.2, -0.15) is 5.10 Å². The fourth-order valence-corrected chi connectivity index (χ4v) is 4.91. The Kier molecular flexibility index (Phi) is 5.67. The van der Waals surface area contributed by atoms with Gasteiger partial charge in [0.1, 0.15) is 11.4 Å². The summed E-state index contributed by atoms with van der Waals surface area (Å²) in [5.41, 5.74) is 7.17. The molecule has 0 fully saturated rings. The van der Waals surface area contributed by atoms with Crippen molar-refractivity contribution in [2.45, 2.75) is 33.6 Å². The number of aromatic nitrogens is 6. The van der Waals surface area contributed by atoms with Crippen LogP contribution in [0.1, 0.15) is 39.2 Å². The Morgan fingerprint density at radius 3 is 2.79 bits per heavy atom. The predicted molar refractivity (Wildman–Crippen MR) is 151 cm³/mol. The number of imidazole rings is 1. The average Bonchev–Trinajstić information content (AvgIpc) is 3.62. The van der Waals surface area contributed by atoms with Crippen molar-refractivity contribution in [3.05, 3.63) is 84.7 Å². The summed E-state index contributed by atoms with van der Waals surface area (Å²) < 4.78 is 16.1. The lowest BCUT2D eigenvalue weighted by molar-refractivity contribution is 0.411. The summed E-state index contributed by atoms with van der Waals surface area (Å²) in [6.45, 7) is 10.6. The summed E-state index contributed by atoms with van der Waals surface area (Å²) in [6.07, 6.45) is 13.0. The number of nitrogens with one attached hydrogen (secondary N) is 3. The maximum absolute atomic E-state index is 16.1. The van der Waals surface area contributed by atoms with Crippen molar-refractivity contribution in [1.29, 1.82) is 0 Å². The number of benzene rings is 1. The molecule has 0 saturated heterocycles. The second-order valence-electron chi connectivity index (χ2n) is 10.8. The monoisotopic (exact) mass is 505 g/mol. The van der Waals surface area contributed by atoms with Gasteiger partial charge in [-0.15, -0.1) is 0 Å². The van der Waals surface area contributed by atoms with E-state index in [1.54, 1.807) is 18.6 Å². The number of pyridine rings is 2. The summed E-state index contributed by atoms with van der Waals surface area (Å²) in [5, 5.41) is 10.9. The van der Waals surface area contributed by atoms with Gasteiger partial charge in [-0.3, -0.25) is 15.1 Å². The highest BCUT2D eigenvalue weighted by molar-refractivity contribution is 5.98. The molecule has 0 spiro atoms. The summed E-state index contributed by atoms with van der Waals surface area (Å²) in [4.78, 5) is 16.9. The van der Waals surface area contributed by atoms with E-state index >= 15 is 4.39 Å². The van der Waals surface area contributed by atoms with E-state index in [0.717, 1.165) is 46.4 Å². The third kappa shape index (κ3) is 4.38. The fraction of sp³-hybridized carbons (Fsp3) is 0.200. The van der Waals surface area contributed by atoms with Crippen molar-refractivity contribution in [2.75, 3.05) is 5.32 Å². The summed E-state index contributed by atoms with van der Waals surface area (Å²) in [7, 11) is 0. The molecule has 3 N–H and O–H groups in total. The highest BCUT2D eigenvalue weighted by Crippen LogP contribution is 2.35. The van der Waals surface area contributed by atoms with Crippen molar-refractivity contribution in [1.82, 2.24) is 30.1 Å². The molecule has 190 valence electrons. The molecule has 0 saturated carbocycles. The summed E-state index contributed by atoms with van der Waals surface area (Å²) >= 11 is 0. The molecule has 0 radical (unpaired) electrons. The first kappa shape index (κ1) is 23.8. The van der Waals surface area contributed by atoms with Gasteiger partial charge in [-0.1, -0.05) is 57.7 Å². The fourth-order valence-electron chi connectivity index (χ4n) is 4.91. The molecule has 0 atom stereocenters. The number of hydrogen-bond donors (Lipinski definition) is 3. The van der Waals surface area contributed by atoms with Gasteiger partial charge in [-0.25, -0.2) is 9.37 Å². The molecule has 0 unspecified atom stereocenters. The third-order valence-corrected chi connectivity index (χ3v) is 6.44. The number of anilines is 1. The molecule has 4 heterocycles. The van der Waals surface area contributed by atoms with Crippen molar-refractivity contribution >= 4 is 33.2 Å². The molecule has 1 aliphatic carbocycles. The minimum absolute atomic E-state index is 0.0909. The van der Waals surface area contributed by atoms with E-state index in [9.17, 15) is 0 Å².